The Morgan fingerprint density at radius 2 is 2.38 bits per heavy atom. The van der Waals surface area contributed by atoms with Crippen LogP contribution < -0.4 is 5.32 Å². The third-order valence-corrected chi connectivity index (χ3v) is 4.56. The highest BCUT2D eigenvalue weighted by atomic mass is 35.5. The molecule has 1 unspecified atom stereocenters. The van der Waals surface area contributed by atoms with Gasteiger partial charge in [-0.05, 0) is 37.3 Å². The lowest BCUT2D eigenvalue weighted by molar-refractivity contribution is 0.0957. The maximum Gasteiger partial charge on any atom is 0.261 e. The summed E-state index contributed by atoms with van der Waals surface area (Å²) in [5.41, 5.74) is 0. The van der Waals surface area contributed by atoms with E-state index in [-0.39, 0.29) is 11.3 Å². The summed E-state index contributed by atoms with van der Waals surface area (Å²) in [5, 5.41) is 3.00. The largest absolute Gasteiger partial charge is 0.350 e. The smallest absolute Gasteiger partial charge is 0.261 e. The number of hydrogen-bond acceptors (Lipinski definition) is 2. The van der Waals surface area contributed by atoms with Crippen LogP contribution in [0, 0.1) is 5.92 Å². The van der Waals surface area contributed by atoms with E-state index in [9.17, 15) is 4.79 Å². The second-order valence-corrected chi connectivity index (χ2v) is 5.91. The van der Waals surface area contributed by atoms with Gasteiger partial charge in [-0.1, -0.05) is 6.92 Å². The van der Waals surface area contributed by atoms with Gasteiger partial charge in [-0.3, -0.25) is 4.79 Å². The van der Waals surface area contributed by atoms with Gasteiger partial charge < -0.3 is 5.32 Å². The number of carbonyl (C=O) groups is 1. The van der Waals surface area contributed by atoms with Crippen LogP contribution in [-0.2, 0) is 6.42 Å². The summed E-state index contributed by atoms with van der Waals surface area (Å²) in [7, 11) is 0. The van der Waals surface area contributed by atoms with E-state index >= 15 is 0 Å². The zero-order chi connectivity index (χ0) is 11.5. The second kappa shape index (κ2) is 5.19. The Labute approximate surface area is 105 Å². The first-order valence-corrected chi connectivity index (χ1v) is 6.97. The fourth-order valence-electron chi connectivity index (χ4n) is 1.59. The molecule has 1 aliphatic rings. The summed E-state index contributed by atoms with van der Waals surface area (Å²) < 4.78 is 0. The van der Waals surface area contributed by atoms with Crippen molar-refractivity contribution in [2.75, 3.05) is 6.54 Å². The van der Waals surface area contributed by atoms with Crippen molar-refractivity contribution in [2.24, 2.45) is 5.92 Å². The third kappa shape index (κ3) is 2.98. The summed E-state index contributed by atoms with van der Waals surface area (Å²) in [6.45, 7) is 2.68. The van der Waals surface area contributed by atoms with E-state index in [1.807, 2.05) is 12.1 Å². The predicted octanol–water partition coefficient (Wildman–Crippen LogP) is 3.06. The molecule has 1 aliphatic carbocycles. The Hall–Kier alpha value is -0.540. The van der Waals surface area contributed by atoms with E-state index in [0.717, 1.165) is 11.3 Å². The fraction of sp³-hybridized carbons (Fsp3) is 0.583. The molecule has 0 aromatic carbocycles. The minimum Gasteiger partial charge on any atom is -0.350 e. The van der Waals surface area contributed by atoms with Crippen molar-refractivity contribution >= 4 is 28.8 Å². The molecule has 0 saturated heterocycles. The number of hydrogen-bond donors (Lipinski definition) is 1. The number of nitrogens with one attached hydrogen (secondary N) is 1. The number of thiophene rings is 1. The predicted molar refractivity (Wildman–Crippen MR) is 68.4 cm³/mol. The topological polar surface area (TPSA) is 29.1 Å². The van der Waals surface area contributed by atoms with Crippen LogP contribution in [0.3, 0.4) is 0 Å². The molecular formula is C12H16ClNOS. The normalized spacial score (nSPS) is 17.1. The van der Waals surface area contributed by atoms with Gasteiger partial charge in [-0.15, -0.1) is 22.9 Å². The number of carbonyl (C=O) groups excluding carboxylic acids is 1. The van der Waals surface area contributed by atoms with Crippen LogP contribution in [0.1, 0.15) is 34.3 Å². The molecule has 88 valence electrons. The lowest BCUT2D eigenvalue weighted by Gasteiger charge is -2.08. The minimum absolute atomic E-state index is 0.0102. The average Bonchev–Trinajstić information content (AvgIpc) is 3.03. The monoisotopic (exact) mass is 257 g/mol. The van der Waals surface area contributed by atoms with Gasteiger partial charge in [0.1, 0.15) is 0 Å². The zero-order valence-corrected chi connectivity index (χ0v) is 10.9. The van der Waals surface area contributed by atoms with Gasteiger partial charge >= 0.3 is 0 Å². The van der Waals surface area contributed by atoms with Crippen molar-refractivity contribution in [2.45, 2.75) is 31.6 Å². The first kappa shape index (κ1) is 11.9. The molecule has 1 aromatic rings. The number of aryl methyl sites for hydroxylation is 1. The summed E-state index contributed by atoms with van der Waals surface area (Å²) in [6, 6.07) is 3.90. The first-order valence-electron chi connectivity index (χ1n) is 5.71. The first-order chi connectivity index (χ1) is 7.70. The lowest BCUT2D eigenvalue weighted by Crippen LogP contribution is -2.30. The minimum atomic E-state index is 0.0102. The van der Waals surface area contributed by atoms with Crippen LogP contribution in [0.4, 0.5) is 0 Å². The molecule has 0 bridgehead atoms. The highest BCUT2D eigenvalue weighted by Gasteiger charge is 2.29. The van der Waals surface area contributed by atoms with E-state index in [2.05, 4.69) is 12.2 Å². The fourth-order valence-corrected chi connectivity index (χ4v) is 2.78. The maximum absolute atomic E-state index is 11.8. The van der Waals surface area contributed by atoms with Crippen molar-refractivity contribution in [3.63, 3.8) is 0 Å². The molecule has 1 fully saturated rings. The third-order valence-electron chi connectivity index (χ3n) is 2.83. The van der Waals surface area contributed by atoms with Gasteiger partial charge in [0.25, 0.3) is 5.91 Å². The molecule has 1 atom stereocenters. The molecule has 1 saturated carbocycles. The maximum atomic E-state index is 11.8. The molecule has 16 heavy (non-hydrogen) atoms. The van der Waals surface area contributed by atoms with Crippen LogP contribution in [0.5, 0.6) is 0 Å². The van der Waals surface area contributed by atoms with Gasteiger partial charge in [-0.2, -0.15) is 0 Å². The number of amides is 1. The van der Waals surface area contributed by atoms with Gasteiger partial charge in [0.2, 0.25) is 0 Å². The molecule has 1 heterocycles. The molecule has 1 aromatic heterocycles. The standard InChI is InChI=1S/C12H16ClNOS/c1-2-9-5-6-11(16-9)12(15)14-7-10(13)8-3-4-8/h5-6,8,10H,2-4,7H2,1H3,(H,14,15). The van der Waals surface area contributed by atoms with Crippen molar-refractivity contribution in [3.05, 3.63) is 21.9 Å². The summed E-state index contributed by atoms with van der Waals surface area (Å²) in [5.74, 6) is 0.632. The van der Waals surface area contributed by atoms with Gasteiger partial charge in [0.15, 0.2) is 0 Å². The van der Waals surface area contributed by atoms with Gasteiger partial charge in [0, 0.05) is 11.4 Å². The summed E-state index contributed by atoms with van der Waals surface area (Å²) >= 11 is 7.69. The number of rotatable bonds is 5. The van der Waals surface area contributed by atoms with E-state index < -0.39 is 0 Å². The van der Waals surface area contributed by atoms with Crippen LogP contribution in [0.25, 0.3) is 0 Å². The van der Waals surface area contributed by atoms with E-state index in [0.29, 0.717) is 12.5 Å². The molecule has 1 N–H and O–H groups in total. The second-order valence-electron chi connectivity index (χ2n) is 4.18. The highest BCUT2D eigenvalue weighted by molar-refractivity contribution is 7.14. The van der Waals surface area contributed by atoms with Crippen molar-refractivity contribution in [3.8, 4) is 0 Å². The Morgan fingerprint density at radius 3 is 2.94 bits per heavy atom. The Kier molecular flexibility index (Phi) is 3.87. The quantitative estimate of drug-likeness (QED) is 0.807. The molecule has 0 spiro atoms. The molecular weight excluding hydrogens is 242 g/mol. The molecule has 4 heteroatoms. The van der Waals surface area contributed by atoms with Crippen LogP contribution in [0.2, 0.25) is 0 Å². The Morgan fingerprint density at radius 1 is 1.62 bits per heavy atom. The Bertz CT molecular complexity index is 373. The van der Waals surface area contributed by atoms with E-state index in [1.165, 1.54) is 17.7 Å². The van der Waals surface area contributed by atoms with Crippen molar-refractivity contribution in [1.29, 1.82) is 0 Å². The highest BCUT2D eigenvalue weighted by Crippen LogP contribution is 2.35. The summed E-state index contributed by atoms with van der Waals surface area (Å²) in [6.07, 6.45) is 3.41. The zero-order valence-electron chi connectivity index (χ0n) is 9.33. The van der Waals surface area contributed by atoms with Crippen molar-refractivity contribution in [1.82, 2.24) is 5.32 Å². The van der Waals surface area contributed by atoms with Crippen LogP contribution in [0.15, 0.2) is 12.1 Å². The Balaban J connectivity index is 1.82. The number of halogens is 1. The van der Waals surface area contributed by atoms with E-state index in [4.69, 9.17) is 11.6 Å². The SMILES string of the molecule is CCc1ccc(C(=O)NCC(Cl)C2CC2)s1. The molecule has 2 rings (SSSR count). The average molecular weight is 258 g/mol. The van der Waals surface area contributed by atoms with Crippen molar-refractivity contribution < 1.29 is 4.79 Å². The van der Waals surface area contributed by atoms with Crippen LogP contribution >= 0.6 is 22.9 Å². The lowest BCUT2D eigenvalue weighted by atomic mass is 10.3. The van der Waals surface area contributed by atoms with Gasteiger partial charge in [0.05, 0.1) is 10.3 Å². The summed E-state index contributed by atoms with van der Waals surface area (Å²) in [4.78, 5) is 13.8. The van der Waals surface area contributed by atoms with Crippen LogP contribution in [-0.4, -0.2) is 17.8 Å². The molecule has 2 nitrogen and oxygen atoms in total. The molecule has 0 radical (unpaired) electrons. The molecule has 0 aliphatic heterocycles. The molecule has 1 amide bonds. The van der Waals surface area contributed by atoms with Gasteiger partial charge in [-0.25, -0.2) is 0 Å². The van der Waals surface area contributed by atoms with E-state index in [1.54, 1.807) is 11.3 Å². The number of alkyl halides is 1.